The van der Waals surface area contributed by atoms with Crippen LogP contribution in [0, 0.1) is 11.6 Å². The van der Waals surface area contributed by atoms with E-state index in [-0.39, 0.29) is 11.6 Å². The maximum absolute atomic E-state index is 13.5. The van der Waals surface area contributed by atoms with Crippen molar-refractivity contribution in [2.45, 2.75) is 0 Å². The fourth-order valence-electron chi connectivity index (χ4n) is 1.62. The third-order valence-electron chi connectivity index (χ3n) is 2.61. The highest BCUT2D eigenvalue weighted by atomic mass is 19.1. The molecule has 2 aromatic carbocycles. The van der Waals surface area contributed by atoms with Crippen molar-refractivity contribution in [3.8, 4) is 0 Å². The van der Waals surface area contributed by atoms with Gasteiger partial charge in [0.05, 0.1) is 5.69 Å². The van der Waals surface area contributed by atoms with Gasteiger partial charge in [-0.05, 0) is 36.4 Å². The number of hydrogen-bond acceptors (Lipinski definition) is 1. The van der Waals surface area contributed by atoms with Crippen LogP contribution < -0.4 is 4.90 Å². The zero-order valence-electron chi connectivity index (χ0n) is 9.73. The average molecular weight is 247 g/mol. The fraction of sp³-hybridized carbons (Fsp3) is 0.0714. The van der Waals surface area contributed by atoms with Crippen LogP contribution in [0.25, 0.3) is 0 Å². The number of para-hydroxylation sites is 1. The van der Waals surface area contributed by atoms with E-state index in [1.165, 1.54) is 48.3 Å². The molecular weight excluding hydrogens is 236 g/mol. The monoisotopic (exact) mass is 247 g/mol. The topological polar surface area (TPSA) is 20.3 Å². The van der Waals surface area contributed by atoms with Crippen molar-refractivity contribution in [2.24, 2.45) is 0 Å². The second kappa shape index (κ2) is 4.96. The van der Waals surface area contributed by atoms with Gasteiger partial charge in [-0.25, -0.2) is 8.78 Å². The van der Waals surface area contributed by atoms with Crippen molar-refractivity contribution in [2.75, 3.05) is 11.9 Å². The molecule has 2 aromatic rings. The lowest BCUT2D eigenvalue weighted by atomic mass is 10.2. The van der Waals surface area contributed by atoms with Gasteiger partial charge in [0.15, 0.2) is 0 Å². The number of benzene rings is 2. The molecule has 0 aromatic heterocycles. The van der Waals surface area contributed by atoms with Gasteiger partial charge in [0.2, 0.25) is 0 Å². The van der Waals surface area contributed by atoms with Gasteiger partial charge in [0.1, 0.15) is 11.6 Å². The number of carbonyl (C=O) groups is 1. The summed E-state index contributed by atoms with van der Waals surface area (Å²) in [5.41, 5.74) is 0.494. The average Bonchev–Trinajstić information content (AvgIpc) is 2.38. The summed E-state index contributed by atoms with van der Waals surface area (Å²) >= 11 is 0. The molecule has 2 nitrogen and oxygen atoms in total. The normalized spacial score (nSPS) is 10.2. The largest absolute Gasteiger partial charge is 0.309 e. The van der Waals surface area contributed by atoms with Crippen molar-refractivity contribution >= 4 is 11.6 Å². The smallest absolute Gasteiger partial charge is 0.258 e. The molecule has 18 heavy (non-hydrogen) atoms. The first-order chi connectivity index (χ1) is 8.59. The molecule has 0 saturated carbocycles. The van der Waals surface area contributed by atoms with E-state index in [1.807, 2.05) is 0 Å². The van der Waals surface area contributed by atoms with E-state index < -0.39 is 11.6 Å². The number of hydrogen-bond donors (Lipinski definition) is 0. The van der Waals surface area contributed by atoms with Crippen LogP contribution in [0.5, 0.6) is 0 Å². The molecule has 0 fully saturated rings. The van der Waals surface area contributed by atoms with Crippen LogP contribution >= 0.6 is 0 Å². The van der Waals surface area contributed by atoms with Gasteiger partial charge in [0.25, 0.3) is 5.91 Å². The standard InChI is InChI=1S/C14H11F2NO/c1-17(13-5-3-2-4-12(13)16)14(18)10-6-8-11(15)9-7-10/h2-9H,1H3. The lowest BCUT2D eigenvalue weighted by Gasteiger charge is -2.17. The fourth-order valence-corrected chi connectivity index (χ4v) is 1.62. The first-order valence-electron chi connectivity index (χ1n) is 5.38. The molecule has 0 aliphatic carbocycles. The van der Waals surface area contributed by atoms with E-state index in [0.717, 1.165) is 0 Å². The molecular formula is C14H11F2NO. The van der Waals surface area contributed by atoms with Gasteiger partial charge in [0, 0.05) is 12.6 Å². The third kappa shape index (κ3) is 2.37. The maximum atomic E-state index is 13.5. The molecule has 0 aliphatic rings. The van der Waals surface area contributed by atoms with E-state index in [2.05, 4.69) is 0 Å². The predicted octanol–water partition coefficient (Wildman–Crippen LogP) is 3.24. The molecule has 4 heteroatoms. The zero-order chi connectivity index (χ0) is 13.1. The van der Waals surface area contributed by atoms with Crippen LogP contribution in [0.3, 0.4) is 0 Å². The van der Waals surface area contributed by atoms with E-state index in [0.29, 0.717) is 5.56 Å². The van der Waals surface area contributed by atoms with Crippen LogP contribution in [0.1, 0.15) is 10.4 Å². The minimum absolute atomic E-state index is 0.187. The van der Waals surface area contributed by atoms with Gasteiger partial charge >= 0.3 is 0 Å². The summed E-state index contributed by atoms with van der Waals surface area (Å²) in [5.74, 6) is -1.28. The highest BCUT2D eigenvalue weighted by molar-refractivity contribution is 6.05. The van der Waals surface area contributed by atoms with Crippen LogP contribution in [0.15, 0.2) is 48.5 Å². The van der Waals surface area contributed by atoms with Crippen LogP contribution in [-0.2, 0) is 0 Å². The Morgan fingerprint density at radius 2 is 1.61 bits per heavy atom. The zero-order valence-corrected chi connectivity index (χ0v) is 9.73. The molecule has 0 spiro atoms. The Kier molecular flexibility index (Phi) is 3.37. The molecule has 0 N–H and O–H groups in total. The van der Waals surface area contributed by atoms with Gasteiger partial charge in [-0.15, -0.1) is 0 Å². The second-order valence-corrected chi connectivity index (χ2v) is 3.82. The predicted molar refractivity (Wildman–Crippen MR) is 65.5 cm³/mol. The quantitative estimate of drug-likeness (QED) is 0.797. The SMILES string of the molecule is CN(C(=O)c1ccc(F)cc1)c1ccccc1F. The molecule has 0 bridgehead atoms. The Balaban J connectivity index is 2.29. The molecule has 0 atom stereocenters. The van der Waals surface area contributed by atoms with Crippen molar-refractivity contribution < 1.29 is 13.6 Å². The third-order valence-corrected chi connectivity index (χ3v) is 2.61. The summed E-state index contributed by atoms with van der Waals surface area (Å²) in [4.78, 5) is 13.2. The lowest BCUT2D eigenvalue weighted by Crippen LogP contribution is -2.27. The Hall–Kier alpha value is -2.23. The Labute approximate surface area is 103 Å². The molecule has 1 amide bonds. The van der Waals surface area contributed by atoms with E-state index in [9.17, 15) is 13.6 Å². The highest BCUT2D eigenvalue weighted by Crippen LogP contribution is 2.19. The number of carbonyl (C=O) groups excluding carboxylic acids is 1. The molecule has 0 unspecified atom stereocenters. The minimum atomic E-state index is -0.476. The molecule has 2 rings (SSSR count). The van der Waals surface area contributed by atoms with E-state index in [1.54, 1.807) is 12.1 Å². The van der Waals surface area contributed by atoms with E-state index >= 15 is 0 Å². The lowest BCUT2D eigenvalue weighted by molar-refractivity contribution is 0.0992. The summed E-state index contributed by atoms with van der Waals surface area (Å²) in [5, 5.41) is 0. The number of nitrogens with zero attached hydrogens (tertiary/aromatic N) is 1. The summed E-state index contributed by atoms with van der Waals surface area (Å²) in [7, 11) is 1.48. The summed E-state index contributed by atoms with van der Waals surface area (Å²) in [6.45, 7) is 0. The second-order valence-electron chi connectivity index (χ2n) is 3.82. The van der Waals surface area contributed by atoms with Crippen molar-refractivity contribution in [3.05, 3.63) is 65.7 Å². The maximum Gasteiger partial charge on any atom is 0.258 e. The summed E-state index contributed by atoms with van der Waals surface area (Å²) in [6, 6.07) is 11.1. The van der Waals surface area contributed by atoms with Crippen LogP contribution in [0.2, 0.25) is 0 Å². The van der Waals surface area contributed by atoms with Gasteiger partial charge < -0.3 is 4.90 Å². The number of halogens is 2. The number of anilines is 1. The van der Waals surface area contributed by atoms with Crippen molar-refractivity contribution in [3.63, 3.8) is 0 Å². The summed E-state index contributed by atoms with van der Waals surface area (Å²) < 4.78 is 26.3. The van der Waals surface area contributed by atoms with Gasteiger partial charge in [-0.2, -0.15) is 0 Å². The first-order valence-corrected chi connectivity index (χ1v) is 5.38. The van der Waals surface area contributed by atoms with Crippen molar-refractivity contribution in [1.82, 2.24) is 0 Å². The Morgan fingerprint density at radius 3 is 2.22 bits per heavy atom. The molecule has 0 saturated heterocycles. The number of rotatable bonds is 2. The Bertz CT molecular complexity index is 566. The molecule has 92 valence electrons. The molecule has 0 heterocycles. The Morgan fingerprint density at radius 1 is 1.00 bits per heavy atom. The number of amides is 1. The highest BCUT2D eigenvalue weighted by Gasteiger charge is 2.16. The van der Waals surface area contributed by atoms with Crippen LogP contribution in [0.4, 0.5) is 14.5 Å². The molecule has 0 radical (unpaired) electrons. The van der Waals surface area contributed by atoms with E-state index in [4.69, 9.17) is 0 Å². The van der Waals surface area contributed by atoms with Gasteiger partial charge in [-0.1, -0.05) is 12.1 Å². The minimum Gasteiger partial charge on any atom is -0.309 e. The summed E-state index contributed by atoms with van der Waals surface area (Å²) in [6.07, 6.45) is 0. The first kappa shape index (κ1) is 12.2. The molecule has 0 aliphatic heterocycles. The van der Waals surface area contributed by atoms with Crippen molar-refractivity contribution in [1.29, 1.82) is 0 Å². The van der Waals surface area contributed by atoms with Gasteiger partial charge in [-0.3, -0.25) is 4.79 Å². The van der Waals surface area contributed by atoms with Crippen LogP contribution in [-0.4, -0.2) is 13.0 Å².